The second kappa shape index (κ2) is 7.97. The fourth-order valence-electron chi connectivity index (χ4n) is 3.46. The summed E-state index contributed by atoms with van der Waals surface area (Å²) in [4.78, 5) is 42.5. The number of rotatable bonds is 4. The first-order chi connectivity index (χ1) is 15.0. The van der Waals surface area contributed by atoms with E-state index in [1.54, 1.807) is 60.7 Å². The number of amides is 1. The molecule has 2 aromatic carbocycles. The van der Waals surface area contributed by atoms with E-state index in [1.807, 2.05) is 18.2 Å². The number of carbonyl (C=O) groups is 1. The number of H-pyrrole nitrogens is 2. The van der Waals surface area contributed by atoms with Gasteiger partial charge in [0.15, 0.2) is 0 Å². The lowest BCUT2D eigenvalue weighted by molar-refractivity contribution is 0.0999. The van der Waals surface area contributed by atoms with Gasteiger partial charge in [-0.1, -0.05) is 60.7 Å². The standard InChI is InChI=1S/C24H16N4O3/c25-13-18-16(14-7-3-1-4-8-14)11-19(27-23(18)30)20-12-17(15-9-5-2-6-10-15)21(22(26)29)24(31)28-20/h1-12H,(H2,26,29)(H,27,30)(H,28,31). The van der Waals surface area contributed by atoms with Crippen molar-refractivity contribution in [2.24, 2.45) is 5.73 Å². The quantitative estimate of drug-likeness (QED) is 0.479. The average Bonchev–Trinajstić information content (AvgIpc) is 2.79. The minimum absolute atomic E-state index is 0.0330. The molecule has 0 radical (unpaired) electrons. The highest BCUT2D eigenvalue weighted by Gasteiger charge is 2.19. The average molecular weight is 408 g/mol. The molecule has 4 rings (SSSR count). The van der Waals surface area contributed by atoms with Crippen molar-refractivity contribution >= 4 is 5.91 Å². The van der Waals surface area contributed by atoms with Crippen LogP contribution in [0.25, 0.3) is 33.6 Å². The molecule has 2 aromatic heterocycles. The molecule has 7 heteroatoms. The largest absolute Gasteiger partial charge is 0.365 e. The van der Waals surface area contributed by atoms with E-state index in [0.717, 1.165) is 0 Å². The number of benzene rings is 2. The Hall–Kier alpha value is -4.70. The minimum atomic E-state index is -0.857. The van der Waals surface area contributed by atoms with Gasteiger partial charge in [0.05, 0.1) is 11.4 Å². The van der Waals surface area contributed by atoms with Crippen molar-refractivity contribution in [2.75, 3.05) is 0 Å². The van der Waals surface area contributed by atoms with Gasteiger partial charge in [-0.2, -0.15) is 5.26 Å². The molecular weight excluding hydrogens is 392 g/mol. The van der Waals surface area contributed by atoms with Crippen molar-refractivity contribution in [2.45, 2.75) is 0 Å². The first-order valence-electron chi connectivity index (χ1n) is 9.35. The molecule has 2 heterocycles. The topological polar surface area (TPSA) is 133 Å². The summed E-state index contributed by atoms with van der Waals surface area (Å²) < 4.78 is 0. The van der Waals surface area contributed by atoms with Gasteiger partial charge >= 0.3 is 0 Å². The minimum Gasteiger partial charge on any atom is -0.365 e. The van der Waals surface area contributed by atoms with Crippen LogP contribution < -0.4 is 16.9 Å². The van der Waals surface area contributed by atoms with Crippen LogP contribution in [0.1, 0.15) is 15.9 Å². The SMILES string of the molecule is N#Cc1c(-c2ccccc2)cc(-c2cc(-c3ccccc3)c(C(N)=O)c(=O)[nH]2)[nH]c1=O. The lowest BCUT2D eigenvalue weighted by atomic mass is 9.97. The highest BCUT2D eigenvalue weighted by atomic mass is 16.2. The Bertz CT molecular complexity index is 1450. The number of nitriles is 1. The van der Waals surface area contributed by atoms with E-state index in [2.05, 4.69) is 9.97 Å². The summed E-state index contributed by atoms with van der Waals surface area (Å²) in [6.45, 7) is 0. The van der Waals surface area contributed by atoms with Crippen molar-refractivity contribution in [1.29, 1.82) is 5.26 Å². The summed E-state index contributed by atoms with van der Waals surface area (Å²) in [5.74, 6) is -0.857. The molecule has 0 saturated heterocycles. The van der Waals surface area contributed by atoms with E-state index < -0.39 is 17.0 Å². The molecule has 0 aliphatic carbocycles. The number of aromatic nitrogens is 2. The molecule has 0 aliphatic heterocycles. The lowest BCUT2D eigenvalue weighted by Crippen LogP contribution is -2.25. The molecule has 0 fully saturated rings. The molecule has 0 saturated carbocycles. The Morgan fingerprint density at radius 3 is 1.77 bits per heavy atom. The van der Waals surface area contributed by atoms with Crippen molar-refractivity contribution in [3.63, 3.8) is 0 Å². The second-order valence-electron chi connectivity index (χ2n) is 6.81. The van der Waals surface area contributed by atoms with Gasteiger partial charge in [-0.3, -0.25) is 14.4 Å². The molecule has 150 valence electrons. The smallest absolute Gasteiger partial charge is 0.267 e. The predicted molar refractivity (Wildman–Crippen MR) is 117 cm³/mol. The summed E-state index contributed by atoms with van der Waals surface area (Å²) in [6, 6.07) is 23.0. The van der Waals surface area contributed by atoms with E-state index in [9.17, 15) is 19.6 Å². The van der Waals surface area contributed by atoms with Gasteiger partial charge in [0, 0.05) is 11.1 Å². The number of nitrogens with two attached hydrogens (primary N) is 1. The van der Waals surface area contributed by atoms with Crippen LogP contribution in [-0.4, -0.2) is 15.9 Å². The van der Waals surface area contributed by atoms with Crippen LogP contribution in [0.15, 0.2) is 82.4 Å². The Morgan fingerprint density at radius 2 is 1.26 bits per heavy atom. The van der Waals surface area contributed by atoms with Gasteiger partial charge in [-0.25, -0.2) is 0 Å². The molecule has 31 heavy (non-hydrogen) atoms. The fourth-order valence-corrected chi connectivity index (χ4v) is 3.46. The highest BCUT2D eigenvalue weighted by molar-refractivity contribution is 6.00. The zero-order valence-electron chi connectivity index (χ0n) is 16.2. The van der Waals surface area contributed by atoms with E-state index >= 15 is 0 Å². The van der Waals surface area contributed by atoms with Crippen molar-refractivity contribution < 1.29 is 4.79 Å². The zero-order chi connectivity index (χ0) is 22.0. The maximum atomic E-state index is 12.7. The number of nitrogens with one attached hydrogen (secondary N) is 2. The van der Waals surface area contributed by atoms with Crippen LogP contribution in [-0.2, 0) is 0 Å². The number of carbonyl (C=O) groups excluding carboxylic acids is 1. The van der Waals surface area contributed by atoms with E-state index in [1.165, 1.54) is 0 Å². The first kappa shape index (κ1) is 19.6. The number of hydrogen-bond donors (Lipinski definition) is 3. The molecule has 0 bridgehead atoms. The number of nitrogens with zero attached hydrogens (tertiary/aromatic N) is 1. The summed E-state index contributed by atoms with van der Waals surface area (Å²) in [5.41, 5.74) is 6.67. The second-order valence-corrected chi connectivity index (χ2v) is 6.81. The molecular formula is C24H16N4O3. The molecule has 4 N–H and O–H groups in total. The van der Waals surface area contributed by atoms with Gasteiger partial charge in [-0.15, -0.1) is 0 Å². The Labute approximate surface area is 176 Å². The number of primary amides is 1. The van der Waals surface area contributed by atoms with Gasteiger partial charge in [0.1, 0.15) is 17.2 Å². The van der Waals surface area contributed by atoms with E-state index in [4.69, 9.17) is 5.73 Å². The third kappa shape index (κ3) is 3.66. The normalized spacial score (nSPS) is 10.4. The number of pyridine rings is 2. The van der Waals surface area contributed by atoms with E-state index in [0.29, 0.717) is 27.9 Å². The lowest BCUT2D eigenvalue weighted by Gasteiger charge is -2.11. The van der Waals surface area contributed by atoms with Gasteiger partial charge in [0.2, 0.25) is 0 Å². The van der Waals surface area contributed by atoms with Gasteiger partial charge in [-0.05, 0) is 23.3 Å². The van der Waals surface area contributed by atoms with Crippen LogP contribution in [0.2, 0.25) is 0 Å². The van der Waals surface area contributed by atoms with Crippen LogP contribution in [0, 0.1) is 11.3 Å². The highest BCUT2D eigenvalue weighted by Crippen LogP contribution is 2.28. The third-order valence-electron chi connectivity index (χ3n) is 4.88. The maximum Gasteiger partial charge on any atom is 0.267 e. The van der Waals surface area contributed by atoms with Crippen molar-refractivity contribution in [3.8, 4) is 39.7 Å². The summed E-state index contributed by atoms with van der Waals surface area (Å²) in [7, 11) is 0. The maximum absolute atomic E-state index is 12.7. The first-order valence-corrected chi connectivity index (χ1v) is 9.35. The number of hydrogen-bond acceptors (Lipinski definition) is 4. The molecule has 7 nitrogen and oxygen atoms in total. The summed E-state index contributed by atoms with van der Waals surface area (Å²) in [5, 5.41) is 9.48. The molecule has 4 aromatic rings. The Kier molecular flexibility index (Phi) is 5.04. The number of aromatic amines is 2. The Balaban J connectivity index is 2.00. The monoisotopic (exact) mass is 408 g/mol. The van der Waals surface area contributed by atoms with Crippen molar-refractivity contribution in [3.05, 3.63) is 105 Å². The molecule has 0 atom stereocenters. The van der Waals surface area contributed by atoms with Crippen LogP contribution in [0.5, 0.6) is 0 Å². The fraction of sp³-hybridized carbons (Fsp3) is 0. The van der Waals surface area contributed by atoms with Crippen LogP contribution >= 0.6 is 0 Å². The van der Waals surface area contributed by atoms with Crippen LogP contribution in [0.3, 0.4) is 0 Å². The van der Waals surface area contributed by atoms with Gasteiger partial charge in [0.25, 0.3) is 17.0 Å². The molecule has 1 amide bonds. The third-order valence-corrected chi connectivity index (χ3v) is 4.88. The van der Waals surface area contributed by atoms with Crippen molar-refractivity contribution in [1.82, 2.24) is 9.97 Å². The predicted octanol–water partition coefficient (Wildman–Crippen LogP) is 3.03. The Morgan fingerprint density at radius 1 is 0.774 bits per heavy atom. The molecule has 0 unspecified atom stereocenters. The van der Waals surface area contributed by atoms with Gasteiger partial charge < -0.3 is 15.7 Å². The molecule has 0 spiro atoms. The van der Waals surface area contributed by atoms with Crippen LogP contribution in [0.4, 0.5) is 0 Å². The molecule has 0 aliphatic rings. The summed E-state index contributed by atoms with van der Waals surface area (Å²) >= 11 is 0. The zero-order valence-corrected chi connectivity index (χ0v) is 16.2. The van der Waals surface area contributed by atoms with E-state index in [-0.39, 0.29) is 16.8 Å². The summed E-state index contributed by atoms with van der Waals surface area (Å²) in [6.07, 6.45) is 0.